The van der Waals surface area contributed by atoms with Gasteiger partial charge in [0.25, 0.3) is 0 Å². The molecule has 0 saturated carbocycles. The van der Waals surface area contributed by atoms with Gasteiger partial charge in [-0.3, -0.25) is 0 Å². The van der Waals surface area contributed by atoms with Gasteiger partial charge in [-0.1, -0.05) is 41.4 Å². The highest BCUT2D eigenvalue weighted by Gasteiger charge is 2.37. The first-order valence-corrected chi connectivity index (χ1v) is 4.57. The normalized spacial score (nSPS) is 15.1. The van der Waals surface area contributed by atoms with Gasteiger partial charge in [-0.05, 0) is 11.5 Å². The van der Waals surface area contributed by atoms with Crippen molar-refractivity contribution < 1.29 is 19.3 Å². The van der Waals surface area contributed by atoms with E-state index in [0.29, 0.717) is 5.75 Å². The van der Waals surface area contributed by atoms with Crippen molar-refractivity contribution in [1.82, 2.24) is 0 Å². The molecule has 0 aromatic heterocycles. The number of hydrogen-bond donors (Lipinski definition) is 0. The molecule has 2 aromatic rings. The quantitative estimate of drug-likeness (QED) is 0.551. The van der Waals surface area contributed by atoms with E-state index in [1.807, 2.05) is 42.5 Å². The van der Waals surface area contributed by atoms with Gasteiger partial charge in [-0.25, -0.2) is 0 Å². The maximum Gasteiger partial charge on any atom is 0.775 e. The standard InChI is InChI=1S/C10H7BO4/c1-2-6-9-8(4-1)5-3-7-10(9)12-11-13-15-14-11/h1-7H. The molecule has 1 fully saturated rings. The second kappa shape index (κ2) is 3.54. The van der Waals surface area contributed by atoms with E-state index < -0.39 is 7.32 Å². The van der Waals surface area contributed by atoms with Gasteiger partial charge in [0.1, 0.15) is 5.75 Å². The van der Waals surface area contributed by atoms with E-state index in [1.165, 1.54) is 0 Å². The topological polar surface area (TPSA) is 36.9 Å². The second-order valence-electron chi connectivity index (χ2n) is 3.14. The first-order chi connectivity index (χ1) is 7.43. The number of hydrogen-bond acceptors (Lipinski definition) is 4. The molecule has 0 bridgehead atoms. The van der Waals surface area contributed by atoms with Gasteiger partial charge >= 0.3 is 7.32 Å². The Labute approximate surface area is 86.3 Å². The first kappa shape index (κ1) is 8.73. The fourth-order valence-electron chi connectivity index (χ4n) is 1.51. The predicted molar refractivity (Wildman–Crippen MR) is 53.6 cm³/mol. The summed E-state index contributed by atoms with van der Waals surface area (Å²) in [5.74, 6) is 0.710. The van der Waals surface area contributed by atoms with Crippen LogP contribution in [0.5, 0.6) is 5.75 Å². The molecule has 3 rings (SSSR count). The molecule has 0 radical (unpaired) electrons. The lowest BCUT2D eigenvalue weighted by atomic mass is 10.1. The van der Waals surface area contributed by atoms with Crippen LogP contribution in [-0.4, -0.2) is 7.32 Å². The minimum absolute atomic E-state index is 0.710. The Bertz CT molecular complexity index is 478. The maximum atomic E-state index is 5.39. The molecule has 4 nitrogen and oxygen atoms in total. The fourth-order valence-corrected chi connectivity index (χ4v) is 1.51. The molecular formula is C10H7BO4. The van der Waals surface area contributed by atoms with E-state index >= 15 is 0 Å². The lowest BCUT2D eigenvalue weighted by molar-refractivity contribution is -0.519. The van der Waals surface area contributed by atoms with Crippen LogP contribution in [0.25, 0.3) is 10.8 Å². The largest absolute Gasteiger partial charge is 0.775 e. The molecule has 0 unspecified atom stereocenters. The van der Waals surface area contributed by atoms with Crippen LogP contribution in [0.2, 0.25) is 0 Å². The lowest BCUT2D eigenvalue weighted by Gasteiger charge is -2.19. The van der Waals surface area contributed by atoms with Gasteiger partial charge in [0.15, 0.2) is 0 Å². The highest BCUT2D eigenvalue weighted by Crippen LogP contribution is 2.26. The Morgan fingerprint density at radius 2 is 1.73 bits per heavy atom. The van der Waals surface area contributed by atoms with Crippen molar-refractivity contribution in [2.75, 3.05) is 0 Å². The average Bonchev–Trinajstić information content (AvgIpc) is 2.23. The van der Waals surface area contributed by atoms with Crippen LogP contribution in [0.4, 0.5) is 0 Å². The average molecular weight is 202 g/mol. The highest BCUT2D eigenvalue weighted by molar-refractivity contribution is 6.38. The molecule has 0 amide bonds. The van der Waals surface area contributed by atoms with Crippen molar-refractivity contribution in [2.24, 2.45) is 0 Å². The lowest BCUT2D eigenvalue weighted by Crippen LogP contribution is -2.39. The van der Waals surface area contributed by atoms with Gasteiger partial charge in [0, 0.05) is 5.39 Å². The summed E-state index contributed by atoms with van der Waals surface area (Å²) in [5, 5.41) is 6.21. The van der Waals surface area contributed by atoms with Crippen LogP contribution in [0.3, 0.4) is 0 Å². The fraction of sp³-hybridized carbons (Fsp3) is 0. The monoisotopic (exact) mass is 202 g/mol. The summed E-state index contributed by atoms with van der Waals surface area (Å²) in [6, 6.07) is 13.7. The van der Waals surface area contributed by atoms with E-state index in [1.54, 1.807) is 0 Å². The van der Waals surface area contributed by atoms with E-state index in [-0.39, 0.29) is 0 Å². The predicted octanol–water partition coefficient (Wildman–Crippen LogP) is 2.10. The van der Waals surface area contributed by atoms with E-state index in [9.17, 15) is 0 Å². The summed E-state index contributed by atoms with van der Waals surface area (Å²) < 4.78 is 5.39. The number of fused-ring (bicyclic) bond motifs is 1. The molecule has 0 atom stereocenters. The molecule has 5 heteroatoms. The SMILES string of the molecule is c1ccc2c(OB3OOO3)cccc2c1. The first-order valence-electron chi connectivity index (χ1n) is 4.57. The summed E-state index contributed by atoms with van der Waals surface area (Å²) in [4.78, 5) is 9.08. The molecule has 0 aliphatic carbocycles. The summed E-state index contributed by atoms with van der Waals surface area (Å²) >= 11 is 0. The molecule has 0 spiro atoms. The molecule has 0 N–H and O–H groups in total. The minimum atomic E-state index is -0.768. The zero-order chi connectivity index (χ0) is 10.1. The van der Waals surface area contributed by atoms with Crippen molar-refractivity contribution in [3.63, 3.8) is 0 Å². The summed E-state index contributed by atoms with van der Waals surface area (Å²) in [7, 11) is -0.768. The second-order valence-corrected chi connectivity index (χ2v) is 3.14. The Morgan fingerprint density at radius 3 is 2.53 bits per heavy atom. The highest BCUT2D eigenvalue weighted by atomic mass is 17.6. The van der Waals surface area contributed by atoms with E-state index in [0.717, 1.165) is 10.8 Å². The van der Waals surface area contributed by atoms with E-state index in [2.05, 4.69) is 14.6 Å². The molecule has 1 aliphatic rings. The summed E-state index contributed by atoms with van der Waals surface area (Å²) in [6.45, 7) is 0. The molecule has 15 heavy (non-hydrogen) atoms. The minimum Gasteiger partial charge on any atom is -0.508 e. The third-order valence-corrected chi connectivity index (χ3v) is 2.21. The molecular weight excluding hydrogens is 195 g/mol. The van der Waals surface area contributed by atoms with E-state index in [4.69, 9.17) is 4.65 Å². The van der Waals surface area contributed by atoms with Gasteiger partial charge in [0.2, 0.25) is 0 Å². The van der Waals surface area contributed by atoms with Crippen LogP contribution in [0.1, 0.15) is 0 Å². The van der Waals surface area contributed by atoms with Crippen molar-refractivity contribution in [2.45, 2.75) is 0 Å². The zero-order valence-corrected chi connectivity index (χ0v) is 7.75. The third kappa shape index (κ3) is 1.57. The van der Waals surface area contributed by atoms with Gasteiger partial charge in [-0.2, -0.15) is 9.61 Å². The van der Waals surface area contributed by atoms with Gasteiger partial charge < -0.3 is 4.65 Å². The van der Waals surface area contributed by atoms with Crippen LogP contribution in [0, 0.1) is 0 Å². The summed E-state index contributed by atoms with van der Waals surface area (Å²) in [6.07, 6.45) is 0. The van der Waals surface area contributed by atoms with Crippen LogP contribution in [0.15, 0.2) is 42.5 Å². The molecule has 1 aliphatic heterocycles. The van der Waals surface area contributed by atoms with Crippen molar-refractivity contribution in [3.05, 3.63) is 42.5 Å². The van der Waals surface area contributed by atoms with Crippen LogP contribution in [-0.2, 0) is 14.6 Å². The van der Waals surface area contributed by atoms with Crippen molar-refractivity contribution in [3.8, 4) is 5.75 Å². The molecule has 1 heterocycles. The zero-order valence-electron chi connectivity index (χ0n) is 7.75. The molecule has 74 valence electrons. The van der Waals surface area contributed by atoms with Gasteiger partial charge in [-0.15, -0.1) is 0 Å². The Balaban J connectivity index is 2.01. The van der Waals surface area contributed by atoms with Gasteiger partial charge in [0.05, 0.1) is 0 Å². The van der Waals surface area contributed by atoms with Crippen molar-refractivity contribution in [1.29, 1.82) is 0 Å². The third-order valence-electron chi connectivity index (χ3n) is 2.21. The Kier molecular flexibility index (Phi) is 2.06. The Hall–Kier alpha value is -1.56. The molecule has 2 aromatic carbocycles. The summed E-state index contributed by atoms with van der Waals surface area (Å²) in [5.41, 5.74) is 0. The smallest absolute Gasteiger partial charge is 0.508 e. The Morgan fingerprint density at radius 1 is 0.933 bits per heavy atom. The molecule has 1 saturated heterocycles. The maximum absolute atomic E-state index is 5.39. The van der Waals surface area contributed by atoms with Crippen molar-refractivity contribution >= 4 is 18.1 Å². The number of benzene rings is 2. The van der Waals surface area contributed by atoms with Crippen LogP contribution >= 0.6 is 0 Å². The number of rotatable bonds is 2. The van der Waals surface area contributed by atoms with Crippen LogP contribution < -0.4 is 4.65 Å².